The molecule has 1 saturated carbocycles. The summed E-state index contributed by atoms with van der Waals surface area (Å²) >= 11 is 0. The van der Waals surface area contributed by atoms with E-state index in [9.17, 15) is 45.5 Å². The van der Waals surface area contributed by atoms with Gasteiger partial charge in [-0.15, -0.1) is 0 Å². The molecular formula is C9H4F6O8. The van der Waals surface area contributed by atoms with E-state index in [1.807, 2.05) is 0 Å². The molecule has 0 aliphatic heterocycles. The molecule has 0 bridgehead atoms. The van der Waals surface area contributed by atoms with Crippen molar-refractivity contribution < 1.29 is 65.9 Å². The highest BCUT2D eigenvalue weighted by Gasteiger charge is 3.05. The van der Waals surface area contributed by atoms with E-state index in [-0.39, 0.29) is 0 Å². The Labute approximate surface area is 119 Å². The van der Waals surface area contributed by atoms with Crippen molar-refractivity contribution >= 4 is 23.9 Å². The van der Waals surface area contributed by atoms with Gasteiger partial charge in [-0.25, -0.2) is 36.7 Å². The van der Waals surface area contributed by atoms with Gasteiger partial charge in [-0.2, -0.15) is 8.78 Å². The third kappa shape index (κ3) is 1.34. The maximum atomic E-state index is 14.3. The molecule has 23 heavy (non-hydrogen) atoms. The van der Waals surface area contributed by atoms with E-state index in [0.29, 0.717) is 0 Å². The van der Waals surface area contributed by atoms with Crippen LogP contribution in [0, 0.1) is 0 Å². The van der Waals surface area contributed by atoms with Crippen molar-refractivity contribution in [2.75, 3.05) is 0 Å². The average Bonchev–Trinajstić information content (AvgIpc) is 2.49. The Bertz CT molecular complexity index is 586. The Morgan fingerprint density at radius 3 is 0.783 bits per heavy atom. The lowest BCUT2D eigenvalue weighted by Crippen LogP contribution is -2.70. The predicted octanol–water partition coefficient (Wildman–Crippen LogP) is -0.193. The maximum absolute atomic E-state index is 14.3. The van der Waals surface area contributed by atoms with Crippen molar-refractivity contribution in [3.8, 4) is 0 Å². The second-order valence-corrected chi connectivity index (χ2v) is 4.43. The molecule has 0 heterocycles. The summed E-state index contributed by atoms with van der Waals surface area (Å²) in [6.07, 6.45) is 0. The molecule has 0 amide bonds. The van der Waals surface area contributed by atoms with Gasteiger partial charge in [-0.05, 0) is 0 Å². The fourth-order valence-electron chi connectivity index (χ4n) is 2.30. The van der Waals surface area contributed by atoms with Crippen LogP contribution in [0.3, 0.4) is 0 Å². The Kier molecular flexibility index (Phi) is 3.43. The highest BCUT2D eigenvalue weighted by atomic mass is 19.3. The zero-order valence-electron chi connectivity index (χ0n) is 10.2. The van der Waals surface area contributed by atoms with Gasteiger partial charge in [0.15, 0.2) is 0 Å². The first-order valence-electron chi connectivity index (χ1n) is 5.09. The highest BCUT2D eigenvalue weighted by molar-refractivity contribution is 6.07. The van der Waals surface area contributed by atoms with E-state index in [1.54, 1.807) is 0 Å². The van der Waals surface area contributed by atoms with Crippen LogP contribution in [0.2, 0.25) is 0 Å². The summed E-state index contributed by atoms with van der Waals surface area (Å²) in [6, 6.07) is 0. The molecule has 8 nitrogen and oxygen atoms in total. The monoisotopic (exact) mass is 354 g/mol. The molecule has 4 unspecified atom stereocenters. The number of hydrogen-bond donors (Lipinski definition) is 4. The van der Waals surface area contributed by atoms with Crippen LogP contribution >= 0.6 is 0 Å². The van der Waals surface area contributed by atoms with Crippen LogP contribution in [0.25, 0.3) is 0 Å². The standard InChI is InChI=1S/C9H4F6O8/c10-5(1(16)17)6(11,2(18)19)8(13,4(22)23)9(14,15)7(5,12)3(20)21/h(H,16,17)(H,18,19)(H,20,21)(H,22,23). The molecule has 4 N–H and O–H groups in total. The van der Waals surface area contributed by atoms with Crippen LogP contribution < -0.4 is 0 Å². The smallest absolute Gasteiger partial charge is 0.352 e. The van der Waals surface area contributed by atoms with Crippen molar-refractivity contribution in [1.82, 2.24) is 0 Å². The van der Waals surface area contributed by atoms with Gasteiger partial charge < -0.3 is 20.4 Å². The van der Waals surface area contributed by atoms with E-state index in [2.05, 4.69) is 0 Å². The van der Waals surface area contributed by atoms with Gasteiger partial charge in [-0.3, -0.25) is 0 Å². The first-order chi connectivity index (χ1) is 10.0. The summed E-state index contributed by atoms with van der Waals surface area (Å²) in [4.78, 5) is 42.6. The minimum Gasteiger partial charge on any atom is -0.479 e. The van der Waals surface area contributed by atoms with Crippen molar-refractivity contribution in [3.63, 3.8) is 0 Å². The highest BCUT2D eigenvalue weighted by Crippen LogP contribution is 2.67. The quantitative estimate of drug-likeness (QED) is 0.508. The van der Waals surface area contributed by atoms with Gasteiger partial charge in [0.2, 0.25) is 0 Å². The van der Waals surface area contributed by atoms with E-state index in [1.165, 1.54) is 0 Å². The SMILES string of the molecule is O=C(O)C1(F)C(F)(F)C(F)(C(=O)O)C(F)(C(=O)O)C1(F)C(=O)O. The molecule has 0 aromatic rings. The molecule has 0 radical (unpaired) electrons. The van der Waals surface area contributed by atoms with E-state index in [4.69, 9.17) is 20.4 Å². The third-order valence-electron chi connectivity index (χ3n) is 3.47. The van der Waals surface area contributed by atoms with Crippen LogP contribution in [-0.4, -0.2) is 72.9 Å². The van der Waals surface area contributed by atoms with Gasteiger partial charge in [0.1, 0.15) is 0 Å². The van der Waals surface area contributed by atoms with Crippen LogP contribution in [0.15, 0.2) is 0 Å². The molecule has 1 fully saturated rings. The summed E-state index contributed by atoms with van der Waals surface area (Å²) in [7, 11) is 0. The fraction of sp³-hybridized carbons (Fsp3) is 0.556. The largest absolute Gasteiger partial charge is 0.479 e. The predicted molar refractivity (Wildman–Crippen MR) is 50.8 cm³/mol. The number of halogens is 6. The number of carboxylic acid groups (broad SMARTS) is 4. The number of carboxylic acids is 4. The van der Waals surface area contributed by atoms with Crippen LogP contribution in [0.5, 0.6) is 0 Å². The number of rotatable bonds is 4. The summed E-state index contributed by atoms with van der Waals surface area (Å²) in [5.41, 5.74) is -25.4. The van der Waals surface area contributed by atoms with Crippen LogP contribution in [-0.2, 0) is 19.2 Å². The lowest BCUT2D eigenvalue weighted by Gasteiger charge is -2.32. The fourth-order valence-corrected chi connectivity index (χ4v) is 2.30. The van der Waals surface area contributed by atoms with E-state index >= 15 is 0 Å². The summed E-state index contributed by atoms with van der Waals surface area (Å²) in [6.45, 7) is 0. The van der Waals surface area contributed by atoms with Crippen molar-refractivity contribution in [1.29, 1.82) is 0 Å². The Morgan fingerprint density at radius 1 is 0.478 bits per heavy atom. The van der Waals surface area contributed by atoms with Crippen molar-refractivity contribution in [2.24, 2.45) is 0 Å². The summed E-state index contributed by atoms with van der Waals surface area (Å²) in [5.74, 6) is -22.0. The molecule has 130 valence electrons. The minimum atomic E-state index is -6.77. The number of alkyl halides is 6. The maximum Gasteiger partial charge on any atom is 0.352 e. The third-order valence-corrected chi connectivity index (χ3v) is 3.47. The van der Waals surface area contributed by atoms with Crippen LogP contribution in [0.4, 0.5) is 26.3 Å². The van der Waals surface area contributed by atoms with Gasteiger partial charge in [0, 0.05) is 0 Å². The Hall–Kier alpha value is -2.54. The number of carbonyl (C=O) groups is 4. The molecule has 1 rings (SSSR count). The van der Waals surface area contributed by atoms with Crippen molar-refractivity contribution in [2.45, 2.75) is 28.6 Å². The molecule has 1 aliphatic rings. The molecule has 0 saturated heterocycles. The van der Waals surface area contributed by atoms with Crippen LogP contribution in [0.1, 0.15) is 0 Å². The van der Waals surface area contributed by atoms with E-state index < -0.39 is 52.5 Å². The van der Waals surface area contributed by atoms with Gasteiger partial charge in [0.05, 0.1) is 0 Å². The first kappa shape index (κ1) is 18.5. The first-order valence-corrected chi connectivity index (χ1v) is 5.09. The summed E-state index contributed by atoms with van der Waals surface area (Å²) in [5, 5.41) is 33.5. The molecule has 0 spiro atoms. The molecular weight excluding hydrogens is 350 g/mol. The average molecular weight is 354 g/mol. The molecule has 0 aromatic carbocycles. The number of hydrogen-bond acceptors (Lipinski definition) is 4. The van der Waals surface area contributed by atoms with Gasteiger partial charge in [-0.1, -0.05) is 0 Å². The van der Waals surface area contributed by atoms with Crippen molar-refractivity contribution in [3.05, 3.63) is 0 Å². The Balaban J connectivity index is 4.24. The number of aliphatic carboxylic acids is 4. The molecule has 14 heteroatoms. The normalized spacial score (nSPS) is 42.2. The minimum absolute atomic E-state index is 3.80. The lowest BCUT2D eigenvalue weighted by atomic mass is 9.78. The molecule has 1 aliphatic carbocycles. The topological polar surface area (TPSA) is 149 Å². The summed E-state index contributed by atoms with van der Waals surface area (Å²) < 4.78 is 84.3. The molecule has 4 atom stereocenters. The molecule has 0 aromatic heterocycles. The lowest BCUT2D eigenvalue weighted by molar-refractivity contribution is -0.227. The second-order valence-electron chi connectivity index (χ2n) is 4.43. The zero-order chi connectivity index (χ0) is 18.8. The zero-order valence-corrected chi connectivity index (χ0v) is 10.2. The Morgan fingerprint density at radius 2 is 0.652 bits per heavy atom. The van der Waals surface area contributed by atoms with Gasteiger partial charge >= 0.3 is 52.5 Å². The van der Waals surface area contributed by atoms with E-state index in [0.717, 1.165) is 0 Å². The van der Waals surface area contributed by atoms with Gasteiger partial charge in [0.25, 0.3) is 0 Å². The second kappa shape index (κ2) is 4.26.